The topological polar surface area (TPSA) is 35.5 Å². The molecular formula is C12H20O3. The summed E-state index contributed by atoms with van der Waals surface area (Å²) in [6.45, 7) is 1.61. The zero-order chi connectivity index (χ0) is 10.5. The first-order valence-corrected chi connectivity index (χ1v) is 6.09. The minimum Gasteiger partial charge on any atom is -0.376 e. The van der Waals surface area contributed by atoms with Gasteiger partial charge in [-0.3, -0.25) is 4.79 Å². The van der Waals surface area contributed by atoms with Crippen LogP contribution in [0.5, 0.6) is 0 Å². The zero-order valence-electron chi connectivity index (χ0n) is 9.24. The molecule has 0 bridgehead atoms. The lowest BCUT2D eigenvalue weighted by molar-refractivity contribution is -0.124. The monoisotopic (exact) mass is 212 g/mol. The third-order valence-electron chi connectivity index (χ3n) is 3.28. The Morgan fingerprint density at radius 2 is 2.00 bits per heavy atom. The molecule has 3 heteroatoms. The number of carbonyl (C=O) groups excluding carboxylic acids is 1. The molecular weight excluding hydrogens is 192 g/mol. The molecule has 1 heterocycles. The Kier molecular flexibility index (Phi) is 4.15. The predicted molar refractivity (Wildman–Crippen MR) is 56.8 cm³/mol. The fourth-order valence-electron chi connectivity index (χ4n) is 2.26. The van der Waals surface area contributed by atoms with Crippen LogP contribution in [0.2, 0.25) is 0 Å². The molecule has 0 amide bonds. The number of ether oxygens (including phenoxy) is 2. The smallest absolute Gasteiger partial charge is 0.133 e. The van der Waals surface area contributed by atoms with Crippen molar-refractivity contribution in [3.05, 3.63) is 0 Å². The summed E-state index contributed by atoms with van der Waals surface area (Å²) in [5.74, 6) is 0.392. The van der Waals surface area contributed by atoms with E-state index in [1.807, 2.05) is 0 Å². The molecule has 2 fully saturated rings. The second-order valence-electron chi connectivity index (χ2n) is 4.56. The maximum Gasteiger partial charge on any atom is 0.133 e. The zero-order valence-corrected chi connectivity index (χ0v) is 9.24. The lowest BCUT2D eigenvalue weighted by Gasteiger charge is -2.26. The van der Waals surface area contributed by atoms with Gasteiger partial charge in [-0.15, -0.1) is 0 Å². The van der Waals surface area contributed by atoms with E-state index < -0.39 is 0 Å². The third-order valence-corrected chi connectivity index (χ3v) is 3.28. The lowest BCUT2D eigenvalue weighted by Crippen LogP contribution is -2.29. The van der Waals surface area contributed by atoms with Gasteiger partial charge >= 0.3 is 0 Å². The molecule has 0 spiro atoms. The van der Waals surface area contributed by atoms with Crippen LogP contribution in [0.15, 0.2) is 0 Å². The molecule has 0 aromatic heterocycles. The molecule has 15 heavy (non-hydrogen) atoms. The molecule has 86 valence electrons. The summed E-state index contributed by atoms with van der Waals surface area (Å²) in [6.07, 6.45) is 7.41. The van der Waals surface area contributed by atoms with Crippen LogP contribution in [-0.4, -0.2) is 31.2 Å². The fraction of sp³-hybridized carbons (Fsp3) is 0.917. The van der Waals surface area contributed by atoms with Crippen molar-refractivity contribution in [2.75, 3.05) is 13.2 Å². The molecule has 1 aliphatic heterocycles. The molecule has 1 atom stereocenters. The summed E-state index contributed by atoms with van der Waals surface area (Å²) in [5.41, 5.74) is 0. The summed E-state index contributed by atoms with van der Waals surface area (Å²) >= 11 is 0. The molecule has 1 saturated heterocycles. The maximum atomic E-state index is 11.0. The van der Waals surface area contributed by atoms with Crippen LogP contribution in [0.25, 0.3) is 0 Å². The quantitative estimate of drug-likeness (QED) is 0.718. The molecule has 0 aromatic carbocycles. The van der Waals surface area contributed by atoms with E-state index in [2.05, 4.69) is 0 Å². The number of rotatable bonds is 3. The molecule has 2 rings (SSSR count). The third kappa shape index (κ3) is 3.58. The normalized spacial score (nSPS) is 29.3. The standard InChI is InChI=1S/C12H20O3/c13-10-4-6-11(7-5-10)15-9-12-3-1-2-8-14-12/h11-12H,1-9H2. The highest BCUT2D eigenvalue weighted by Gasteiger charge is 2.21. The molecule has 1 saturated carbocycles. The van der Waals surface area contributed by atoms with Crippen LogP contribution >= 0.6 is 0 Å². The van der Waals surface area contributed by atoms with Crippen LogP contribution in [0.4, 0.5) is 0 Å². The van der Waals surface area contributed by atoms with E-state index in [4.69, 9.17) is 9.47 Å². The number of hydrogen-bond acceptors (Lipinski definition) is 3. The van der Waals surface area contributed by atoms with Crippen molar-refractivity contribution in [1.29, 1.82) is 0 Å². The van der Waals surface area contributed by atoms with Crippen LogP contribution < -0.4 is 0 Å². The maximum absolute atomic E-state index is 11.0. The SMILES string of the molecule is O=C1CCC(OCC2CCCCO2)CC1. The molecule has 1 unspecified atom stereocenters. The summed E-state index contributed by atoms with van der Waals surface area (Å²) in [4.78, 5) is 11.0. The minimum absolute atomic E-state index is 0.299. The van der Waals surface area contributed by atoms with Gasteiger partial charge in [0, 0.05) is 19.4 Å². The van der Waals surface area contributed by atoms with Gasteiger partial charge in [0.15, 0.2) is 0 Å². The Labute approximate surface area is 91.1 Å². The van der Waals surface area contributed by atoms with Gasteiger partial charge in [-0.2, -0.15) is 0 Å². The van der Waals surface area contributed by atoms with E-state index in [1.165, 1.54) is 12.8 Å². The molecule has 2 aliphatic rings. The van der Waals surface area contributed by atoms with Crippen molar-refractivity contribution in [2.45, 2.75) is 57.2 Å². The Hall–Kier alpha value is -0.410. The second-order valence-corrected chi connectivity index (χ2v) is 4.56. The number of hydrogen-bond donors (Lipinski definition) is 0. The van der Waals surface area contributed by atoms with Crippen LogP contribution in [-0.2, 0) is 14.3 Å². The molecule has 3 nitrogen and oxygen atoms in total. The summed E-state index contributed by atoms with van der Waals surface area (Å²) in [7, 11) is 0. The van der Waals surface area contributed by atoms with Gasteiger partial charge in [0.2, 0.25) is 0 Å². The summed E-state index contributed by atoms with van der Waals surface area (Å²) in [6, 6.07) is 0. The van der Waals surface area contributed by atoms with Crippen LogP contribution in [0.3, 0.4) is 0 Å². The summed E-state index contributed by atoms with van der Waals surface area (Å²) < 4.78 is 11.4. The van der Waals surface area contributed by atoms with E-state index in [1.54, 1.807) is 0 Å². The van der Waals surface area contributed by atoms with E-state index >= 15 is 0 Å². The Morgan fingerprint density at radius 3 is 2.67 bits per heavy atom. The summed E-state index contributed by atoms with van der Waals surface area (Å²) in [5, 5.41) is 0. The Bertz CT molecular complexity index is 199. The first kappa shape index (κ1) is 11.1. The first-order chi connectivity index (χ1) is 7.34. The molecule has 1 aliphatic carbocycles. The van der Waals surface area contributed by atoms with Crippen LogP contribution in [0.1, 0.15) is 44.9 Å². The van der Waals surface area contributed by atoms with Crippen molar-refractivity contribution in [3.63, 3.8) is 0 Å². The number of Topliss-reactive ketones (excluding diaryl/α,β-unsaturated/α-hetero) is 1. The van der Waals surface area contributed by atoms with E-state index in [0.29, 0.717) is 30.8 Å². The highest BCUT2D eigenvalue weighted by atomic mass is 16.5. The highest BCUT2D eigenvalue weighted by Crippen LogP contribution is 2.20. The van der Waals surface area contributed by atoms with Gasteiger partial charge in [0.25, 0.3) is 0 Å². The van der Waals surface area contributed by atoms with Gasteiger partial charge in [-0.1, -0.05) is 0 Å². The van der Waals surface area contributed by atoms with E-state index in [9.17, 15) is 4.79 Å². The Balaban J connectivity index is 1.62. The van der Waals surface area contributed by atoms with E-state index in [-0.39, 0.29) is 0 Å². The fourth-order valence-corrected chi connectivity index (χ4v) is 2.26. The number of ketones is 1. The number of carbonyl (C=O) groups is 1. The van der Waals surface area contributed by atoms with Gasteiger partial charge in [0.1, 0.15) is 5.78 Å². The van der Waals surface area contributed by atoms with Crippen molar-refractivity contribution in [2.24, 2.45) is 0 Å². The lowest BCUT2D eigenvalue weighted by atomic mass is 9.96. The van der Waals surface area contributed by atoms with Crippen molar-refractivity contribution in [3.8, 4) is 0 Å². The van der Waals surface area contributed by atoms with Gasteiger partial charge in [-0.25, -0.2) is 0 Å². The average Bonchev–Trinajstić information content (AvgIpc) is 2.30. The van der Waals surface area contributed by atoms with Crippen LogP contribution in [0, 0.1) is 0 Å². The minimum atomic E-state index is 0.299. The average molecular weight is 212 g/mol. The van der Waals surface area contributed by atoms with Crippen molar-refractivity contribution in [1.82, 2.24) is 0 Å². The largest absolute Gasteiger partial charge is 0.376 e. The van der Waals surface area contributed by atoms with Gasteiger partial charge in [-0.05, 0) is 32.1 Å². The Morgan fingerprint density at radius 1 is 1.20 bits per heavy atom. The van der Waals surface area contributed by atoms with Gasteiger partial charge < -0.3 is 9.47 Å². The van der Waals surface area contributed by atoms with Crippen molar-refractivity contribution >= 4 is 5.78 Å². The molecule has 0 radical (unpaired) electrons. The molecule has 0 aromatic rings. The van der Waals surface area contributed by atoms with Crippen molar-refractivity contribution < 1.29 is 14.3 Å². The predicted octanol–water partition coefficient (Wildman–Crippen LogP) is 2.08. The molecule has 0 N–H and O–H groups in total. The highest BCUT2D eigenvalue weighted by molar-refractivity contribution is 5.79. The second kappa shape index (κ2) is 5.61. The van der Waals surface area contributed by atoms with E-state index in [0.717, 1.165) is 32.5 Å². The van der Waals surface area contributed by atoms with Gasteiger partial charge in [0.05, 0.1) is 18.8 Å². The first-order valence-electron chi connectivity index (χ1n) is 6.09.